The van der Waals surface area contributed by atoms with E-state index in [9.17, 15) is 5.11 Å². The second kappa shape index (κ2) is 10.1. The molecule has 1 aromatic rings. The van der Waals surface area contributed by atoms with E-state index in [4.69, 9.17) is 4.74 Å². The summed E-state index contributed by atoms with van der Waals surface area (Å²) in [4.78, 5) is 2.57. The molecule has 0 bridgehead atoms. The van der Waals surface area contributed by atoms with Gasteiger partial charge in [0, 0.05) is 32.2 Å². The minimum atomic E-state index is 0. The van der Waals surface area contributed by atoms with E-state index in [0.717, 1.165) is 36.6 Å². The highest BCUT2D eigenvalue weighted by Gasteiger charge is 2.31. The van der Waals surface area contributed by atoms with E-state index in [1.807, 2.05) is 13.0 Å². The van der Waals surface area contributed by atoms with Gasteiger partial charge in [-0.15, -0.1) is 24.8 Å². The molecular formula is C17H27BrCl2N2O2. The van der Waals surface area contributed by atoms with Gasteiger partial charge in [0.15, 0.2) is 11.5 Å². The average molecular weight is 442 g/mol. The fourth-order valence-electron chi connectivity index (χ4n) is 3.21. The third kappa shape index (κ3) is 5.40. The molecule has 1 heterocycles. The average Bonchev–Trinajstić information content (AvgIpc) is 3.34. The predicted octanol–water partition coefficient (Wildman–Crippen LogP) is 4.14. The maximum atomic E-state index is 10.1. The molecule has 2 fully saturated rings. The third-order valence-electron chi connectivity index (χ3n) is 4.58. The molecule has 1 atom stereocenters. The zero-order chi connectivity index (χ0) is 15.5. The summed E-state index contributed by atoms with van der Waals surface area (Å²) >= 11 is 3.48. The van der Waals surface area contributed by atoms with Crippen LogP contribution in [0.4, 0.5) is 0 Å². The molecule has 1 aliphatic carbocycles. The topological polar surface area (TPSA) is 44.7 Å². The number of aromatic hydroxyl groups is 1. The van der Waals surface area contributed by atoms with Crippen LogP contribution in [-0.4, -0.2) is 42.8 Å². The van der Waals surface area contributed by atoms with Crippen LogP contribution < -0.4 is 10.1 Å². The van der Waals surface area contributed by atoms with Gasteiger partial charge >= 0.3 is 0 Å². The van der Waals surface area contributed by atoms with Crippen LogP contribution in [0, 0.1) is 5.92 Å². The lowest BCUT2D eigenvalue weighted by Crippen LogP contribution is -2.45. The minimum Gasteiger partial charge on any atom is -0.503 e. The first-order chi connectivity index (χ1) is 10.7. The first-order valence-electron chi connectivity index (χ1n) is 8.29. The predicted molar refractivity (Wildman–Crippen MR) is 106 cm³/mol. The molecule has 0 spiro atoms. The van der Waals surface area contributed by atoms with E-state index in [-0.39, 0.29) is 30.6 Å². The van der Waals surface area contributed by atoms with E-state index < -0.39 is 0 Å². The smallest absolute Gasteiger partial charge is 0.172 e. The van der Waals surface area contributed by atoms with Crippen molar-refractivity contribution >= 4 is 40.7 Å². The van der Waals surface area contributed by atoms with Gasteiger partial charge in [0.1, 0.15) is 0 Å². The maximum absolute atomic E-state index is 10.1. The molecule has 138 valence electrons. The van der Waals surface area contributed by atoms with Crippen LogP contribution in [0.1, 0.15) is 37.8 Å². The number of phenolic OH excluding ortho intramolecular Hbond substituents is 1. The Hall–Kier alpha value is -0.200. The van der Waals surface area contributed by atoms with Crippen molar-refractivity contribution in [2.24, 2.45) is 5.92 Å². The molecule has 0 radical (unpaired) electrons. The van der Waals surface area contributed by atoms with Crippen molar-refractivity contribution in [2.75, 3.05) is 32.8 Å². The summed E-state index contributed by atoms with van der Waals surface area (Å²) in [6, 6.07) is 4.51. The number of hydrogen-bond donors (Lipinski definition) is 2. The van der Waals surface area contributed by atoms with Crippen LogP contribution in [-0.2, 0) is 0 Å². The summed E-state index contributed by atoms with van der Waals surface area (Å²) in [5, 5.41) is 13.6. The van der Waals surface area contributed by atoms with Gasteiger partial charge in [-0.3, -0.25) is 4.90 Å². The first-order valence-corrected chi connectivity index (χ1v) is 9.08. The molecule has 0 unspecified atom stereocenters. The number of phenols is 1. The van der Waals surface area contributed by atoms with Gasteiger partial charge in [0.2, 0.25) is 0 Å². The van der Waals surface area contributed by atoms with Gasteiger partial charge in [-0.2, -0.15) is 0 Å². The summed E-state index contributed by atoms with van der Waals surface area (Å²) < 4.78 is 6.33. The molecule has 3 rings (SSSR count). The minimum absolute atomic E-state index is 0. The SMILES string of the molecule is CCOc1cc([C@@H](CC2CC2)N2CCNCC2)cc(Br)c1O.Cl.Cl. The van der Waals surface area contributed by atoms with E-state index in [1.165, 1.54) is 24.8 Å². The normalized spacial score (nSPS) is 19.1. The van der Waals surface area contributed by atoms with Gasteiger partial charge in [-0.05, 0) is 52.9 Å². The summed E-state index contributed by atoms with van der Waals surface area (Å²) in [7, 11) is 0. The highest BCUT2D eigenvalue weighted by molar-refractivity contribution is 9.10. The van der Waals surface area contributed by atoms with Gasteiger partial charge in [0.05, 0.1) is 11.1 Å². The second-order valence-corrected chi connectivity index (χ2v) is 7.12. The van der Waals surface area contributed by atoms with E-state index in [2.05, 4.69) is 32.2 Å². The van der Waals surface area contributed by atoms with Crippen LogP contribution in [0.25, 0.3) is 0 Å². The number of nitrogens with one attached hydrogen (secondary N) is 1. The fourth-order valence-corrected chi connectivity index (χ4v) is 3.67. The first kappa shape index (κ1) is 21.8. The van der Waals surface area contributed by atoms with Crippen molar-refractivity contribution in [1.29, 1.82) is 0 Å². The Balaban J connectivity index is 0.00000144. The molecule has 4 nitrogen and oxygen atoms in total. The summed E-state index contributed by atoms with van der Waals surface area (Å²) in [5.41, 5.74) is 1.25. The largest absolute Gasteiger partial charge is 0.503 e. The molecule has 1 aliphatic heterocycles. The number of hydrogen-bond acceptors (Lipinski definition) is 4. The lowest BCUT2D eigenvalue weighted by molar-refractivity contribution is 0.160. The Labute approximate surface area is 165 Å². The molecular weight excluding hydrogens is 415 g/mol. The van der Waals surface area contributed by atoms with Crippen molar-refractivity contribution in [1.82, 2.24) is 10.2 Å². The number of piperazine rings is 1. The van der Waals surface area contributed by atoms with Gasteiger partial charge in [-0.25, -0.2) is 0 Å². The highest BCUT2D eigenvalue weighted by Crippen LogP contribution is 2.43. The van der Waals surface area contributed by atoms with E-state index >= 15 is 0 Å². The second-order valence-electron chi connectivity index (χ2n) is 6.26. The van der Waals surface area contributed by atoms with Crippen LogP contribution in [0.2, 0.25) is 0 Å². The fraction of sp³-hybridized carbons (Fsp3) is 0.647. The molecule has 1 aromatic carbocycles. The third-order valence-corrected chi connectivity index (χ3v) is 5.19. The Morgan fingerprint density at radius 1 is 1.29 bits per heavy atom. The summed E-state index contributed by atoms with van der Waals surface area (Å²) in [6.45, 7) is 6.78. The molecule has 1 saturated heterocycles. The number of ether oxygens (including phenoxy) is 1. The molecule has 7 heteroatoms. The molecule has 2 aliphatic rings. The Morgan fingerprint density at radius 2 is 1.96 bits per heavy atom. The Kier molecular flexibility index (Phi) is 9.17. The van der Waals surface area contributed by atoms with Gasteiger partial charge in [-0.1, -0.05) is 12.8 Å². The monoisotopic (exact) mass is 440 g/mol. The standard InChI is InChI=1S/C17H25BrN2O2.2ClH/c1-2-22-16-11-13(10-14(18)17(16)21)15(9-12-3-4-12)20-7-5-19-6-8-20;;/h10-12,15,19,21H,2-9H2,1H3;2*1H/t15-;;/m1../s1. The van der Waals surface area contributed by atoms with Crippen LogP contribution >= 0.6 is 40.7 Å². The van der Waals surface area contributed by atoms with Crippen molar-refractivity contribution in [2.45, 2.75) is 32.2 Å². The highest BCUT2D eigenvalue weighted by atomic mass is 79.9. The number of nitrogens with zero attached hydrogens (tertiary/aromatic N) is 1. The molecule has 24 heavy (non-hydrogen) atoms. The van der Waals surface area contributed by atoms with Crippen LogP contribution in [0.15, 0.2) is 16.6 Å². The number of benzene rings is 1. The van der Waals surface area contributed by atoms with Gasteiger partial charge < -0.3 is 15.2 Å². The van der Waals surface area contributed by atoms with Crippen molar-refractivity contribution in [3.8, 4) is 11.5 Å². The van der Waals surface area contributed by atoms with Crippen molar-refractivity contribution < 1.29 is 9.84 Å². The van der Waals surface area contributed by atoms with Crippen LogP contribution in [0.5, 0.6) is 11.5 Å². The molecule has 0 amide bonds. The van der Waals surface area contributed by atoms with E-state index in [0.29, 0.717) is 18.4 Å². The van der Waals surface area contributed by atoms with Crippen molar-refractivity contribution in [3.63, 3.8) is 0 Å². The molecule has 1 saturated carbocycles. The summed E-state index contributed by atoms with van der Waals surface area (Å²) in [6.07, 6.45) is 3.93. The maximum Gasteiger partial charge on any atom is 0.172 e. The lowest BCUT2D eigenvalue weighted by atomic mass is 9.98. The zero-order valence-electron chi connectivity index (χ0n) is 14.0. The lowest BCUT2D eigenvalue weighted by Gasteiger charge is -2.35. The Bertz CT molecular complexity index is 524. The zero-order valence-corrected chi connectivity index (χ0v) is 17.2. The number of rotatable bonds is 6. The van der Waals surface area contributed by atoms with E-state index in [1.54, 1.807) is 0 Å². The van der Waals surface area contributed by atoms with Gasteiger partial charge in [0.25, 0.3) is 0 Å². The van der Waals surface area contributed by atoms with Crippen LogP contribution in [0.3, 0.4) is 0 Å². The van der Waals surface area contributed by atoms with Crippen molar-refractivity contribution in [3.05, 3.63) is 22.2 Å². The summed E-state index contributed by atoms with van der Waals surface area (Å²) in [5.74, 6) is 1.65. The molecule has 2 N–H and O–H groups in total. The number of halogens is 3. The Morgan fingerprint density at radius 3 is 2.54 bits per heavy atom. The molecule has 0 aromatic heterocycles. The quantitative estimate of drug-likeness (QED) is 0.696.